The molecule has 3 heterocycles. The first-order valence-corrected chi connectivity index (χ1v) is 15.3. The third-order valence-electron chi connectivity index (χ3n) is 7.74. The number of pyridine rings is 2. The Hall–Kier alpha value is -4.40. The van der Waals surface area contributed by atoms with Gasteiger partial charge in [0.25, 0.3) is 11.5 Å². The zero-order chi connectivity index (χ0) is 35.7. The summed E-state index contributed by atoms with van der Waals surface area (Å²) in [5.74, 6) is 0.0483. The summed E-state index contributed by atoms with van der Waals surface area (Å²) >= 11 is 0. The van der Waals surface area contributed by atoms with Gasteiger partial charge in [-0.25, -0.2) is 4.79 Å². The summed E-state index contributed by atoms with van der Waals surface area (Å²) in [7, 11) is 0. The first kappa shape index (κ1) is 36.4. The van der Waals surface area contributed by atoms with Crippen molar-refractivity contribution in [1.29, 1.82) is 0 Å². The number of nitrogens with zero attached hydrogens (tertiary/aromatic N) is 3. The van der Waals surface area contributed by atoms with Crippen LogP contribution in [0, 0.1) is 0 Å². The second-order valence-electron chi connectivity index (χ2n) is 11.9. The van der Waals surface area contributed by atoms with Crippen LogP contribution in [0.4, 0.5) is 31.1 Å². The number of aliphatic hydroxyl groups is 1. The van der Waals surface area contributed by atoms with Gasteiger partial charge in [-0.2, -0.15) is 26.3 Å². The molecule has 0 spiro atoms. The van der Waals surface area contributed by atoms with Gasteiger partial charge < -0.3 is 19.9 Å². The molecule has 0 aliphatic carbocycles. The van der Waals surface area contributed by atoms with Crippen molar-refractivity contribution in [2.24, 2.45) is 0 Å². The van der Waals surface area contributed by atoms with Crippen molar-refractivity contribution in [1.82, 2.24) is 20.2 Å². The molecule has 1 saturated heterocycles. The van der Waals surface area contributed by atoms with E-state index in [0.29, 0.717) is 30.7 Å². The Balaban J connectivity index is 1.65. The van der Waals surface area contributed by atoms with Crippen LogP contribution < -0.4 is 14.8 Å². The smallest absolute Gasteiger partial charge is 0.430 e. The van der Waals surface area contributed by atoms with Gasteiger partial charge in [0.05, 0.1) is 30.2 Å². The number of carbonyl (C=O) groups excluding carboxylic acids is 2. The summed E-state index contributed by atoms with van der Waals surface area (Å²) in [6, 6.07) is 6.68. The standard InChI is InChI=1S/C33H36F6N4O5/c1-6-8-20-14-22(31(46,32(34,35)36)33(37,38)39)15-21(9-7-2)27(20)48-24-12-13-40-23(16-24)18-43-28(44)30(5,42-29(43)45)26-11-10-25(17-41-26)47-19(3)4/h10-17,19,46H,6-9,18H2,1-5H3,(H,42,45). The monoisotopic (exact) mass is 682 g/mol. The number of imide groups is 1. The molecular formula is C33H36F6N4O5. The third-order valence-corrected chi connectivity index (χ3v) is 7.74. The molecule has 0 bridgehead atoms. The Morgan fingerprint density at radius 3 is 2.02 bits per heavy atom. The van der Waals surface area contributed by atoms with Crippen LogP contribution in [-0.4, -0.2) is 50.4 Å². The van der Waals surface area contributed by atoms with Gasteiger partial charge in [-0.1, -0.05) is 26.7 Å². The molecule has 1 aliphatic rings. The van der Waals surface area contributed by atoms with Crippen molar-refractivity contribution >= 4 is 11.9 Å². The lowest BCUT2D eigenvalue weighted by Gasteiger charge is -2.33. The van der Waals surface area contributed by atoms with Crippen LogP contribution in [0.1, 0.15) is 75.5 Å². The maximum absolute atomic E-state index is 13.8. The van der Waals surface area contributed by atoms with Crippen LogP contribution in [0.15, 0.2) is 48.8 Å². The fraction of sp³-hybridized carbons (Fsp3) is 0.455. The van der Waals surface area contributed by atoms with Crippen molar-refractivity contribution in [2.75, 3.05) is 0 Å². The van der Waals surface area contributed by atoms with Crippen LogP contribution in [0.3, 0.4) is 0 Å². The Bertz CT molecular complexity index is 1600. The van der Waals surface area contributed by atoms with Gasteiger partial charge >= 0.3 is 18.4 Å². The van der Waals surface area contributed by atoms with E-state index in [-0.39, 0.29) is 59.5 Å². The average molecular weight is 683 g/mol. The first-order chi connectivity index (χ1) is 22.3. The van der Waals surface area contributed by atoms with Crippen molar-refractivity contribution in [2.45, 2.75) is 96.4 Å². The number of carbonyl (C=O) groups is 2. The van der Waals surface area contributed by atoms with Crippen LogP contribution in [0.2, 0.25) is 0 Å². The lowest BCUT2D eigenvalue weighted by molar-refractivity contribution is -0.376. The highest BCUT2D eigenvalue weighted by Crippen LogP contribution is 2.51. The number of nitrogens with one attached hydrogen (secondary N) is 1. The molecule has 260 valence electrons. The van der Waals surface area contributed by atoms with Gasteiger partial charge in [-0.05, 0) is 75.1 Å². The van der Waals surface area contributed by atoms with Crippen LogP contribution in [0.25, 0.3) is 0 Å². The summed E-state index contributed by atoms with van der Waals surface area (Å²) in [6.07, 6.45) is -8.63. The molecule has 9 nitrogen and oxygen atoms in total. The molecular weight excluding hydrogens is 646 g/mol. The number of hydrogen-bond acceptors (Lipinski definition) is 7. The number of amides is 3. The minimum atomic E-state index is -6.04. The molecule has 1 aromatic carbocycles. The Kier molecular flexibility index (Phi) is 10.3. The number of rotatable bonds is 12. The third kappa shape index (κ3) is 7.05. The van der Waals surface area contributed by atoms with E-state index in [4.69, 9.17) is 9.47 Å². The van der Waals surface area contributed by atoms with Crippen LogP contribution >= 0.6 is 0 Å². The molecule has 1 atom stereocenters. The molecule has 4 rings (SSSR count). The number of ether oxygens (including phenoxy) is 2. The minimum absolute atomic E-state index is 0.0333. The van der Waals surface area contributed by atoms with Crippen molar-refractivity contribution in [3.63, 3.8) is 0 Å². The average Bonchev–Trinajstić information content (AvgIpc) is 3.21. The summed E-state index contributed by atoms with van der Waals surface area (Å²) < 4.78 is 94.3. The Labute approximate surface area is 273 Å². The van der Waals surface area contributed by atoms with Gasteiger partial charge in [0.2, 0.25) is 0 Å². The van der Waals surface area contributed by atoms with Crippen LogP contribution in [-0.2, 0) is 35.3 Å². The van der Waals surface area contributed by atoms with E-state index in [1.54, 1.807) is 26.0 Å². The number of halogens is 6. The van der Waals surface area contributed by atoms with Gasteiger partial charge in [0.15, 0.2) is 5.54 Å². The molecule has 2 N–H and O–H groups in total. The molecule has 1 aliphatic heterocycles. The summed E-state index contributed by atoms with van der Waals surface area (Å²) in [5.41, 5.74) is -7.37. The van der Waals surface area contributed by atoms with Gasteiger partial charge in [-0.15, -0.1) is 0 Å². The van der Waals surface area contributed by atoms with Gasteiger partial charge in [0, 0.05) is 17.8 Å². The maximum Gasteiger partial charge on any atom is 0.430 e. The molecule has 0 radical (unpaired) electrons. The summed E-state index contributed by atoms with van der Waals surface area (Å²) in [4.78, 5) is 35.9. The zero-order valence-corrected chi connectivity index (χ0v) is 26.9. The largest absolute Gasteiger partial charge is 0.489 e. The lowest BCUT2D eigenvalue weighted by atomic mass is 9.87. The van der Waals surface area contributed by atoms with Crippen molar-refractivity contribution in [3.05, 3.63) is 76.9 Å². The van der Waals surface area contributed by atoms with E-state index in [9.17, 15) is 41.0 Å². The molecule has 48 heavy (non-hydrogen) atoms. The van der Waals surface area contributed by atoms with E-state index in [1.807, 2.05) is 13.8 Å². The second kappa shape index (κ2) is 13.6. The predicted octanol–water partition coefficient (Wildman–Crippen LogP) is 7.24. The number of aromatic nitrogens is 2. The molecule has 1 fully saturated rings. The Morgan fingerprint density at radius 1 is 0.917 bits per heavy atom. The van der Waals surface area contributed by atoms with Gasteiger partial charge in [-0.3, -0.25) is 19.7 Å². The van der Waals surface area contributed by atoms with E-state index in [0.717, 1.165) is 4.90 Å². The summed E-state index contributed by atoms with van der Waals surface area (Å²) in [5, 5.41) is 12.8. The normalized spacial score (nSPS) is 17.2. The fourth-order valence-corrected chi connectivity index (χ4v) is 5.41. The molecule has 2 aromatic heterocycles. The lowest BCUT2D eigenvalue weighted by Crippen LogP contribution is -2.54. The maximum atomic E-state index is 13.8. The molecule has 3 amide bonds. The van der Waals surface area contributed by atoms with Gasteiger partial charge in [0.1, 0.15) is 17.2 Å². The highest BCUT2D eigenvalue weighted by molar-refractivity contribution is 6.06. The zero-order valence-electron chi connectivity index (χ0n) is 26.9. The number of hydrogen-bond donors (Lipinski definition) is 2. The minimum Gasteiger partial charge on any atom is -0.489 e. The quantitative estimate of drug-likeness (QED) is 0.153. The number of aryl methyl sites for hydroxylation is 2. The fourth-order valence-electron chi connectivity index (χ4n) is 5.41. The predicted molar refractivity (Wildman–Crippen MR) is 161 cm³/mol. The van der Waals surface area contributed by atoms with Crippen molar-refractivity contribution < 1.29 is 50.5 Å². The van der Waals surface area contributed by atoms with E-state index in [2.05, 4.69) is 15.3 Å². The SMILES string of the molecule is CCCc1cc(C(O)(C(F)(F)F)C(F)(F)F)cc(CCC)c1Oc1ccnc(CN2C(=O)NC(C)(c3ccc(OC(C)C)cn3)C2=O)c1. The van der Waals surface area contributed by atoms with Crippen LogP contribution in [0.5, 0.6) is 17.2 Å². The summed E-state index contributed by atoms with van der Waals surface area (Å²) in [6.45, 7) is 8.31. The van der Waals surface area contributed by atoms with E-state index < -0.39 is 41.0 Å². The van der Waals surface area contributed by atoms with E-state index in [1.165, 1.54) is 31.5 Å². The highest BCUT2D eigenvalue weighted by Gasteiger charge is 2.71. The number of alkyl halides is 6. The molecule has 15 heteroatoms. The molecule has 3 aromatic rings. The molecule has 0 saturated carbocycles. The topological polar surface area (TPSA) is 114 Å². The molecule has 1 unspecified atom stereocenters. The first-order valence-electron chi connectivity index (χ1n) is 15.3. The van der Waals surface area contributed by atoms with Crippen molar-refractivity contribution in [3.8, 4) is 17.2 Å². The Morgan fingerprint density at radius 2 is 1.52 bits per heavy atom. The number of urea groups is 1. The number of benzene rings is 1. The van der Waals surface area contributed by atoms with E-state index >= 15 is 0 Å². The highest BCUT2D eigenvalue weighted by atomic mass is 19.4. The second-order valence-corrected chi connectivity index (χ2v) is 11.9.